The summed E-state index contributed by atoms with van der Waals surface area (Å²) in [6.07, 6.45) is -3.07. The van der Waals surface area contributed by atoms with Crippen molar-refractivity contribution in [3.05, 3.63) is 0 Å². The maximum atomic E-state index is 11.1. The molecular formula is C3H5F2NaO2S. The first-order chi connectivity index (χ1) is 3.63. The maximum Gasteiger partial charge on any atom is 1.00 e. The second kappa shape index (κ2) is 7.08. The zero-order valence-electron chi connectivity index (χ0n) is 4.97. The van der Waals surface area contributed by atoms with E-state index in [-0.39, 0.29) is 29.6 Å². The van der Waals surface area contributed by atoms with Crippen molar-refractivity contribution in [3.8, 4) is 0 Å². The molecule has 0 aliphatic heterocycles. The Bertz CT molecular complexity index is 89.9. The Morgan fingerprint density at radius 2 is 2.00 bits per heavy atom. The summed E-state index contributed by atoms with van der Waals surface area (Å²) >= 11 is -2.32. The molecule has 1 atom stereocenters. The molecule has 0 spiro atoms. The molecule has 9 heavy (non-hydrogen) atoms. The molecule has 0 amide bonds. The van der Waals surface area contributed by atoms with Gasteiger partial charge in [-0.25, -0.2) is 8.78 Å². The zero-order valence-corrected chi connectivity index (χ0v) is 7.79. The summed E-state index contributed by atoms with van der Waals surface area (Å²) in [4.78, 5) is 0. The van der Waals surface area contributed by atoms with E-state index in [2.05, 4.69) is 0 Å². The van der Waals surface area contributed by atoms with Crippen LogP contribution in [0.3, 0.4) is 0 Å². The Hall–Kier alpha value is 0.970. The molecule has 2 nitrogen and oxygen atoms in total. The fourth-order valence-electron chi connectivity index (χ4n) is 0.185. The van der Waals surface area contributed by atoms with Crippen LogP contribution in [0.4, 0.5) is 8.78 Å². The van der Waals surface area contributed by atoms with E-state index in [4.69, 9.17) is 0 Å². The Balaban J connectivity index is 0. The van der Waals surface area contributed by atoms with E-state index in [9.17, 15) is 17.5 Å². The van der Waals surface area contributed by atoms with Gasteiger partial charge in [0, 0.05) is 12.2 Å². The molecule has 1 unspecified atom stereocenters. The van der Waals surface area contributed by atoms with Gasteiger partial charge in [0.2, 0.25) is 6.43 Å². The van der Waals surface area contributed by atoms with E-state index in [1.165, 1.54) is 0 Å². The number of rotatable bonds is 3. The third-order valence-corrected chi connectivity index (χ3v) is 1.07. The van der Waals surface area contributed by atoms with E-state index in [0.29, 0.717) is 0 Å². The minimum Gasteiger partial charge on any atom is -0.772 e. The molecule has 0 aromatic carbocycles. The largest absolute Gasteiger partial charge is 1.00 e. The topological polar surface area (TPSA) is 40.1 Å². The van der Waals surface area contributed by atoms with Crippen LogP contribution in [0.15, 0.2) is 0 Å². The van der Waals surface area contributed by atoms with Gasteiger partial charge < -0.3 is 4.55 Å². The van der Waals surface area contributed by atoms with Crippen molar-refractivity contribution < 1.29 is 47.1 Å². The van der Waals surface area contributed by atoms with E-state index < -0.39 is 29.7 Å². The van der Waals surface area contributed by atoms with Gasteiger partial charge in [-0.15, -0.1) is 0 Å². The van der Waals surface area contributed by atoms with Gasteiger partial charge in [0.1, 0.15) is 0 Å². The summed E-state index contributed by atoms with van der Waals surface area (Å²) in [6, 6.07) is 0. The smallest absolute Gasteiger partial charge is 0.772 e. The Labute approximate surface area is 76.6 Å². The predicted octanol–water partition coefficient (Wildman–Crippen LogP) is -2.48. The Morgan fingerprint density at radius 3 is 2.11 bits per heavy atom. The molecule has 6 heteroatoms. The van der Waals surface area contributed by atoms with Crippen molar-refractivity contribution in [2.75, 3.05) is 5.75 Å². The molecular weight excluding hydrogens is 161 g/mol. The molecule has 0 aromatic rings. The van der Waals surface area contributed by atoms with Gasteiger partial charge in [-0.2, -0.15) is 0 Å². The van der Waals surface area contributed by atoms with Gasteiger partial charge in [0.05, 0.1) is 0 Å². The van der Waals surface area contributed by atoms with Crippen LogP contribution in [0, 0.1) is 0 Å². The second-order valence-corrected chi connectivity index (χ2v) is 2.20. The first-order valence-corrected chi connectivity index (χ1v) is 3.21. The van der Waals surface area contributed by atoms with Crippen LogP contribution in [-0.2, 0) is 11.1 Å². The second-order valence-electron chi connectivity index (χ2n) is 1.19. The zero-order chi connectivity index (χ0) is 6.57. The third kappa shape index (κ3) is 12.2. The molecule has 0 saturated carbocycles. The summed E-state index contributed by atoms with van der Waals surface area (Å²) in [5, 5.41) is 0. The average molecular weight is 166 g/mol. The fourth-order valence-corrected chi connectivity index (χ4v) is 0.556. The van der Waals surface area contributed by atoms with E-state index in [1.807, 2.05) is 0 Å². The van der Waals surface area contributed by atoms with Crippen molar-refractivity contribution in [3.63, 3.8) is 0 Å². The molecule has 0 fully saturated rings. The predicted molar refractivity (Wildman–Crippen MR) is 24.4 cm³/mol. The van der Waals surface area contributed by atoms with Gasteiger partial charge in [-0.1, -0.05) is 11.1 Å². The van der Waals surface area contributed by atoms with Gasteiger partial charge in [0.25, 0.3) is 0 Å². The van der Waals surface area contributed by atoms with Crippen LogP contribution in [-0.4, -0.2) is 20.9 Å². The number of hydrogen-bond acceptors (Lipinski definition) is 2. The van der Waals surface area contributed by atoms with Crippen LogP contribution in [0.2, 0.25) is 0 Å². The molecule has 0 radical (unpaired) electrons. The first-order valence-electron chi connectivity index (χ1n) is 1.97. The van der Waals surface area contributed by atoms with Gasteiger partial charge in [0.15, 0.2) is 0 Å². The molecule has 50 valence electrons. The van der Waals surface area contributed by atoms with E-state index in [1.54, 1.807) is 0 Å². The van der Waals surface area contributed by atoms with Crippen LogP contribution >= 0.6 is 0 Å². The van der Waals surface area contributed by atoms with Crippen molar-refractivity contribution in [2.24, 2.45) is 0 Å². The van der Waals surface area contributed by atoms with Crippen LogP contribution in [0.25, 0.3) is 0 Å². The molecule has 0 N–H and O–H groups in total. The summed E-state index contributed by atoms with van der Waals surface area (Å²) in [5.41, 5.74) is 0. The number of alkyl halides is 2. The Morgan fingerprint density at radius 1 is 1.56 bits per heavy atom. The van der Waals surface area contributed by atoms with Gasteiger partial charge in [-0.05, 0) is 0 Å². The molecule has 0 aliphatic rings. The van der Waals surface area contributed by atoms with E-state index in [0.717, 1.165) is 0 Å². The van der Waals surface area contributed by atoms with Crippen molar-refractivity contribution in [1.29, 1.82) is 0 Å². The van der Waals surface area contributed by atoms with Crippen molar-refractivity contribution in [2.45, 2.75) is 12.8 Å². The van der Waals surface area contributed by atoms with Gasteiger partial charge in [-0.3, -0.25) is 4.21 Å². The summed E-state index contributed by atoms with van der Waals surface area (Å²) in [5.74, 6) is -0.447. The number of hydrogen-bond donors (Lipinski definition) is 0. The summed E-state index contributed by atoms with van der Waals surface area (Å²) in [6.45, 7) is 0. The van der Waals surface area contributed by atoms with Crippen LogP contribution in [0.1, 0.15) is 6.42 Å². The van der Waals surface area contributed by atoms with Crippen molar-refractivity contribution >= 4 is 11.1 Å². The molecule has 0 aromatic heterocycles. The SMILES string of the molecule is O=S([O-])CCC(F)F.[Na+]. The quantitative estimate of drug-likeness (QED) is 0.344. The van der Waals surface area contributed by atoms with Crippen LogP contribution in [0.5, 0.6) is 0 Å². The number of halogens is 2. The summed E-state index contributed by atoms with van der Waals surface area (Å²) < 4.78 is 41.4. The maximum absolute atomic E-state index is 11.1. The minimum atomic E-state index is -2.51. The normalized spacial score (nSPS) is 12.9. The Kier molecular flexibility index (Phi) is 9.94. The molecule has 0 heterocycles. The minimum absolute atomic E-state index is 0. The monoisotopic (exact) mass is 166 g/mol. The standard InChI is InChI=1S/C3H6F2O2S.Na/c4-3(5)1-2-8(6)7;/h3H,1-2H2,(H,6,7);/q;+1/p-1. The van der Waals surface area contributed by atoms with Gasteiger partial charge >= 0.3 is 29.6 Å². The third-order valence-electron chi connectivity index (χ3n) is 0.503. The molecule has 0 rings (SSSR count). The van der Waals surface area contributed by atoms with Crippen LogP contribution < -0.4 is 29.6 Å². The average Bonchev–Trinajstić information content (AvgIpc) is 1.61. The summed E-state index contributed by atoms with van der Waals surface area (Å²) in [7, 11) is 0. The molecule has 0 saturated heterocycles. The van der Waals surface area contributed by atoms with Crippen molar-refractivity contribution in [1.82, 2.24) is 0 Å². The first kappa shape index (κ1) is 12.6. The fraction of sp³-hybridized carbons (Fsp3) is 1.00. The molecule has 0 bridgehead atoms. The van der Waals surface area contributed by atoms with E-state index >= 15 is 0 Å². The molecule has 0 aliphatic carbocycles.